The Hall–Kier alpha value is -0.580. The summed E-state index contributed by atoms with van der Waals surface area (Å²) in [7, 11) is 0. The Morgan fingerprint density at radius 2 is 2.06 bits per heavy atom. The largest absolute Gasteiger partial charge is 0.398 e. The molecule has 0 aliphatic carbocycles. The third-order valence-corrected chi connectivity index (χ3v) is 3.05. The zero-order valence-corrected chi connectivity index (χ0v) is 12.3. The summed E-state index contributed by atoms with van der Waals surface area (Å²) in [6, 6.07) is 5.92. The van der Waals surface area contributed by atoms with Crippen molar-refractivity contribution in [3.8, 4) is 0 Å². The van der Waals surface area contributed by atoms with E-state index in [9.17, 15) is 5.11 Å². The van der Waals surface area contributed by atoms with Crippen molar-refractivity contribution in [2.24, 2.45) is 0 Å². The Morgan fingerprint density at radius 3 is 2.53 bits per heavy atom. The van der Waals surface area contributed by atoms with Gasteiger partial charge in [0.2, 0.25) is 0 Å². The van der Waals surface area contributed by atoms with Gasteiger partial charge >= 0.3 is 0 Å². The minimum atomic E-state index is -0.680. The van der Waals surface area contributed by atoms with Gasteiger partial charge in [0.1, 0.15) is 0 Å². The summed E-state index contributed by atoms with van der Waals surface area (Å²) in [6.45, 7) is 8.01. The van der Waals surface area contributed by atoms with E-state index in [1.807, 2.05) is 32.0 Å². The quantitative estimate of drug-likeness (QED) is 0.822. The van der Waals surface area contributed by atoms with Crippen molar-refractivity contribution < 1.29 is 5.11 Å². The van der Waals surface area contributed by atoms with Gasteiger partial charge in [-0.25, -0.2) is 0 Å². The Balaban J connectivity index is 2.74. The van der Waals surface area contributed by atoms with Gasteiger partial charge in [-0.1, -0.05) is 28.9 Å². The number of rotatable bonds is 5. The molecular weight excluding hydrogens is 280 g/mol. The van der Waals surface area contributed by atoms with Crippen molar-refractivity contribution in [3.63, 3.8) is 0 Å². The summed E-state index contributed by atoms with van der Waals surface area (Å²) in [5, 5.41) is 9.83. The molecule has 17 heavy (non-hydrogen) atoms. The smallest absolute Gasteiger partial charge is 0.0718 e. The van der Waals surface area contributed by atoms with Crippen molar-refractivity contribution >= 4 is 21.6 Å². The van der Waals surface area contributed by atoms with Crippen LogP contribution in [0.3, 0.4) is 0 Å². The number of nitrogens with two attached hydrogens (primary N) is 1. The standard InChI is InChI=1S/C13H21BrN2O/c1-4-16(9-13(2,3)17)8-10-5-6-11(14)7-12(10)15/h5-7,17H,4,8-9,15H2,1-3H3. The number of nitrogens with zero attached hydrogens (tertiary/aromatic N) is 1. The summed E-state index contributed by atoms with van der Waals surface area (Å²) in [4.78, 5) is 2.18. The SMILES string of the molecule is CCN(Cc1ccc(Br)cc1N)CC(C)(C)O. The minimum Gasteiger partial charge on any atom is -0.398 e. The van der Waals surface area contributed by atoms with Crippen LogP contribution in [0.1, 0.15) is 26.3 Å². The molecule has 0 amide bonds. The molecular formula is C13H21BrN2O. The van der Waals surface area contributed by atoms with Gasteiger partial charge in [0.05, 0.1) is 5.60 Å². The number of likely N-dealkylation sites (N-methyl/N-ethyl adjacent to an activating group) is 1. The molecule has 0 spiro atoms. The lowest BCUT2D eigenvalue weighted by atomic mass is 10.1. The van der Waals surface area contributed by atoms with Gasteiger partial charge in [-0.2, -0.15) is 0 Å². The molecule has 3 nitrogen and oxygen atoms in total. The molecule has 1 aromatic carbocycles. The molecule has 96 valence electrons. The van der Waals surface area contributed by atoms with E-state index in [1.165, 1.54) is 0 Å². The number of aliphatic hydroxyl groups is 1. The maximum atomic E-state index is 9.83. The maximum Gasteiger partial charge on any atom is 0.0718 e. The average Bonchev–Trinajstić information content (AvgIpc) is 2.19. The Morgan fingerprint density at radius 1 is 1.41 bits per heavy atom. The van der Waals surface area contributed by atoms with Crippen molar-refractivity contribution in [3.05, 3.63) is 28.2 Å². The second-order valence-corrected chi connectivity index (χ2v) is 5.87. The van der Waals surface area contributed by atoms with Gasteiger partial charge < -0.3 is 10.8 Å². The highest BCUT2D eigenvalue weighted by molar-refractivity contribution is 9.10. The topological polar surface area (TPSA) is 49.5 Å². The number of hydrogen-bond donors (Lipinski definition) is 2. The average molecular weight is 301 g/mol. The van der Waals surface area contributed by atoms with Gasteiger partial charge in [-0.3, -0.25) is 4.90 Å². The number of nitrogen functional groups attached to an aromatic ring is 1. The first-order valence-corrected chi connectivity index (χ1v) is 6.60. The molecule has 4 heteroatoms. The molecule has 0 heterocycles. The van der Waals surface area contributed by atoms with Crippen molar-refractivity contribution in [2.75, 3.05) is 18.8 Å². The van der Waals surface area contributed by atoms with E-state index in [-0.39, 0.29) is 0 Å². The van der Waals surface area contributed by atoms with Crippen LogP contribution in [0.25, 0.3) is 0 Å². The highest BCUT2D eigenvalue weighted by atomic mass is 79.9. The van der Waals surface area contributed by atoms with Crippen LogP contribution in [0.5, 0.6) is 0 Å². The summed E-state index contributed by atoms with van der Waals surface area (Å²) < 4.78 is 0.990. The van der Waals surface area contributed by atoms with Crippen LogP contribution in [0, 0.1) is 0 Å². The molecule has 1 rings (SSSR count). The molecule has 0 aromatic heterocycles. The lowest BCUT2D eigenvalue weighted by molar-refractivity contribution is 0.0354. The Bertz CT molecular complexity index is 374. The summed E-state index contributed by atoms with van der Waals surface area (Å²) in [5.74, 6) is 0. The van der Waals surface area contributed by atoms with E-state index in [2.05, 4.69) is 27.8 Å². The predicted octanol–water partition coefficient (Wildman–Crippen LogP) is 2.62. The van der Waals surface area contributed by atoms with E-state index in [0.717, 1.165) is 28.8 Å². The molecule has 0 bridgehead atoms. The molecule has 0 saturated carbocycles. The third kappa shape index (κ3) is 5.06. The van der Waals surface area contributed by atoms with Gasteiger partial charge in [0.15, 0.2) is 0 Å². The monoisotopic (exact) mass is 300 g/mol. The lowest BCUT2D eigenvalue weighted by Crippen LogP contribution is -2.38. The number of benzene rings is 1. The highest BCUT2D eigenvalue weighted by Gasteiger charge is 2.17. The van der Waals surface area contributed by atoms with E-state index in [4.69, 9.17) is 5.73 Å². The lowest BCUT2D eigenvalue weighted by Gasteiger charge is -2.28. The van der Waals surface area contributed by atoms with Crippen LogP contribution >= 0.6 is 15.9 Å². The second kappa shape index (κ2) is 5.85. The first-order valence-electron chi connectivity index (χ1n) is 5.80. The fourth-order valence-electron chi connectivity index (χ4n) is 1.78. The van der Waals surface area contributed by atoms with E-state index < -0.39 is 5.60 Å². The van der Waals surface area contributed by atoms with Crippen LogP contribution in [-0.2, 0) is 6.54 Å². The number of halogens is 1. The Labute approximate surface area is 112 Å². The Kier molecular flexibility index (Phi) is 4.98. The van der Waals surface area contributed by atoms with Crippen molar-refractivity contribution in [1.29, 1.82) is 0 Å². The van der Waals surface area contributed by atoms with E-state index in [0.29, 0.717) is 6.54 Å². The third-order valence-electron chi connectivity index (χ3n) is 2.56. The molecule has 0 saturated heterocycles. The van der Waals surface area contributed by atoms with Gasteiger partial charge in [-0.05, 0) is 38.1 Å². The van der Waals surface area contributed by atoms with Gasteiger partial charge in [0, 0.05) is 23.2 Å². The summed E-state index contributed by atoms with van der Waals surface area (Å²) in [6.07, 6.45) is 0. The van der Waals surface area contributed by atoms with E-state index >= 15 is 0 Å². The van der Waals surface area contributed by atoms with Crippen molar-refractivity contribution in [2.45, 2.75) is 32.9 Å². The fraction of sp³-hybridized carbons (Fsp3) is 0.538. The molecule has 0 aliphatic rings. The number of hydrogen-bond acceptors (Lipinski definition) is 3. The fourth-order valence-corrected chi connectivity index (χ4v) is 2.16. The van der Waals surface area contributed by atoms with Crippen LogP contribution in [0.4, 0.5) is 5.69 Å². The minimum absolute atomic E-state index is 0.638. The van der Waals surface area contributed by atoms with Crippen molar-refractivity contribution in [1.82, 2.24) is 4.90 Å². The van der Waals surface area contributed by atoms with Crippen LogP contribution in [0.15, 0.2) is 22.7 Å². The number of anilines is 1. The van der Waals surface area contributed by atoms with Crippen LogP contribution < -0.4 is 5.73 Å². The summed E-state index contributed by atoms with van der Waals surface area (Å²) in [5.41, 5.74) is 7.17. The predicted molar refractivity (Wildman–Crippen MR) is 75.8 cm³/mol. The second-order valence-electron chi connectivity index (χ2n) is 4.96. The van der Waals surface area contributed by atoms with Crippen LogP contribution in [0.2, 0.25) is 0 Å². The maximum absolute atomic E-state index is 9.83. The molecule has 0 aliphatic heterocycles. The summed E-state index contributed by atoms with van der Waals surface area (Å²) >= 11 is 3.39. The highest BCUT2D eigenvalue weighted by Crippen LogP contribution is 2.20. The normalized spacial score (nSPS) is 12.1. The van der Waals surface area contributed by atoms with E-state index in [1.54, 1.807) is 0 Å². The van der Waals surface area contributed by atoms with Gasteiger partial charge in [0.25, 0.3) is 0 Å². The first kappa shape index (κ1) is 14.5. The molecule has 3 N–H and O–H groups in total. The molecule has 1 aromatic rings. The molecule has 0 radical (unpaired) electrons. The molecule has 0 fully saturated rings. The molecule has 0 atom stereocenters. The van der Waals surface area contributed by atoms with Gasteiger partial charge in [-0.15, -0.1) is 0 Å². The first-order chi connectivity index (χ1) is 7.81. The zero-order valence-electron chi connectivity index (χ0n) is 10.7. The zero-order chi connectivity index (χ0) is 13.1. The molecule has 0 unspecified atom stereocenters. The van der Waals surface area contributed by atoms with Crippen LogP contribution in [-0.4, -0.2) is 28.7 Å².